The van der Waals surface area contributed by atoms with Gasteiger partial charge in [-0.3, -0.25) is 4.68 Å². The summed E-state index contributed by atoms with van der Waals surface area (Å²) in [5, 5.41) is 7.36. The van der Waals surface area contributed by atoms with E-state index in [4.69, 9.17) is 11.6 Å². The third kappa shape index (κ3) is 2.82. The predicted molar refractivity (Wildman–Crippen MR) is 71.3 cm³/mol. The van der Waals surface area contributed by atoms with Crippen molar-refractivity contribution in [2.75, 3.05) is 5.32 Å². The Morgan fingerprint density at radius 3 is 2.89 bits per heavy atom. The van der Waals surface area contributed by atoms with E-state index in [0.29, 0.717) is 18.3 Å². The zero-order valence-corrected chi connectivity index (χ0v) is 11.1. The van der Waals surface area contributed by atoms with Crippen molar-refractivity contribution in [2.45, 2.75) is 26.4 Å². The van der Waals surface area contributed by atoms with Crippen molar-refractivity contribution in [3.05, 3.63) is 47.0 Å². The van der Waals surface area contributed by atoms with Crippen LogP contribution >= 0.6 is 11.6 Å². The number of aromatic nitrogens is 2. The zero-order chi connectivity index (χ0) is 13.1. The summed E-state index contributed by atoms with van der Waals surface area (Å²) >= 11 is 5.71. The van der Waals surface area contributed by atoms with Crippen LogP contribution in [-0.4, -0.2) is 9.78 Å². The lowest BCUT2D eigenvalue weighted by Gasteiger charge is -2.07. The van der Waals surface area contributed by atoms with E-state index in [1.807, 2.05) is 10.9 Å². The van der Waals surface area contributed by atoms with E-state index in [0.717, 1.165) is 5.56 Å². The molecule has 0 bridgehead atoms. The van der Waals surface area contributed by atoms with Gasteiger partial charge in [-0.15, -0.1) is 0 Å². The standard InChI is InChI=1S/C13H15ClFN3/c1-9(2)18-8-10(7-17-18)6-16-12-5-3-4-11(14)13(12)15/h3-5,7-9,16H,6H2,1-2H3. The summed E-state index contributed by atoms with van der Waals surface area (Å²) < 4.78 is 15.5. The van der Waals surface area contributed by atoms with Gasteiger partial charge < -0.3 is 5.32 Å². The van der Waals surface area contributed by atoms with E-state index >= 15 is 0 Å². The number of benzene rings is 1. The minimum absolute atomic E-state index is 0.123. The van der Waals surface area contributed by atoms with E-state index < -0.39 is 5.82 Å². The molecule has 1 heterocycles. The fraction of sp³-hybridized carbons (Fsp3) is 0.308. The van der Waals surface area contributed by atoms with Crippen LogP contribution in [0.25, 0.3) is 0 Å². The van der Waals surface area contributed by atoms with Crippen molar-refractivity contribution < 1.29 is 4.39 Å². The van der Waals surface area contributed by atoms with Crippen LogP contribution in [0.4, 0.5) is 10.1 Å². The minimum atomic E-state index is -0.421. The molecule has 0 aliphatic carbocycles. The first-order chi connectivity index (χ1) is 8.58. The van der Waals surface area contributed by atoms with Gasteiger partial charge in [-0.2, -0.15) is 5.10 Å². The van der Waals surface area contributed by atoms with Gasteiger partial charge in [-0.05, 0) is 26.0 Å². The summed E-state index contributed by atoms with van der Waals surface area (Å²) in [4.78, 5) is 0. The normalized spacial score (nSPS) is 10.9. The Bertz CT molecular complexity index is 537. The SMILES string of the molecule is CC(C)n1cc(CNc2cccc(Cl)c2F)cn1. The third-order valence-electron chi connectivity index (χ3n) is 2.62. The lowest BCUT2D eigenvalue weighted by molar-refractivity contribution is 0.532. The van der Waals surface area contributed by atoms with Crippen molar-refractivity contribution in [3.8, 4) is 0 Å². The van der Waals surface area contributed by atoms with Crippen LogP contribution in [0.15, 0.2) is 30.6 Å². The van der Waals surface area contributed by atoms with Crippen LogP contribution < -0.4 is 5.32 Å². The van der Waals surface area contributed by atoms with Gasteiger partial charge in [0.2, 0.25) is 0 Å². The molecule has 1 aromatic heterocycles. The average Bonchev–Trinajstić information content (AvgIpc) is 2.80. The van der Waals surface area contributed by atoms with Gasteiger partial charge in [0.05, 0.1) is 16.9 Å². The van der Waals surface area contributed by atoms with E-state index in [9.17, 15) is 4.39 Å². The molecule has 0 amide bonds. The van der Waals surface area contributed by atoms with Crippen molar-refractivity contribution in [1.82, 2.24) is 9.78 Å². The first-order valence-corrected chi connectivity index (χ1v) is 6.16. The molecule has 0 atom stereocenters. The highest BCUT2D eigenvalue weighted by atomic mass is 35.5. The molecule has 0 saturated carbocycles. The molecule has 2 rings (SSSR count). The summed E-state index contributed by atoms with van der Waals surface area (Å²) in [6, 6.07) is 5.22. The second-order valence-corrected chi connectivity index (χ2v) is 4.78. The molecular weight excluding hydrogens is 253 g/mol. The van der Waals surface area contributed by atoms with E-state index in [2.05, 4.69) is 24.3 Å². The topological polar surface area (TPSA) is 29.9 Å². The summed E-state index contributed by atoms with van der Waals surface area (Å²) in [5.74, 6) is -0.421. The molecule has 3 nitrogen and oxygen atoms in total. The highest BCUT2D eigenvalue weighted by molar-refractivity contribution is 6.31. The number of nitrogens with zero attached hydrogens (tertiary/aromatic N) is 2. The van der Waals surface area contributed by atoms with E-state index in [1.54, 1.807) is 18.3 Å². The number of anilines is 1. The number of hydrogen-bond acceptors (Lipinski definition) is 2. The summed E-state index contributed by atoms with van der Waals surface area (Å²) in [7, 11) is 0. The molecule has 0 aliphatic rings. The molecule has 0 radical (unpaired) electrons. The Morgan fingerprint density at radius 1 is 1.44 bits per heavy atom. The van der Waals surface area contributed by atoms with Gasteiger partial charge in [0.25, 0.3) is 0 Å². The van der Waals surface area contributed by atoms with Crippen molar-refractivity contribution >= 4 is 17.3 Å². The Labute approximate surface area is 111 Å². The molecular formula is C13H15ClFN3. The largest absolute Gasteiger partial charge is 0.378 e. The van der Waals surface area contributed by atoms with Gasteiger partial charge in [0.15, 0.2) is 5.82 Å². The second-order valence-electron chi connectivity index (χ2n) is 4.38. The molecule has 0 spiro atoms. The molecule has 18 heavy (non-hydrogen) atoms. The highest BCUT2D eigenvalue weighted by Crippen LogP contribution is 2.22. The molecule has 5 heteroatoms. The monoisotopic (exact) mass is 267 g/mol. The van der Waals surface area contributed by atoms with Crippen LogP contribution in [0.1, 0.15) is 25.5 Å². The number of nitrogens with one attached hydrogen (secondary N) is 1. The average molecular weight is 268 g/mol. The second kappa shape index (κ2) is 5.40. The molecule has 2 aromatic rings. The maximum atomic E-state index is 13.6. The molecule has 0 aliphatic heterocycles. The smallest absolute Gasteiger partial charge is 0.164 e. The van der Waals surface area contributed by atoms with Crippen LogP contribution in [0.5, 0.6) is 0 Å². The molecule has 0 fully saturated rings. The lowest BCUT2D eigenvalue weighted by Crippen LogP contribution is -2.02. The highest BCUT2D eigenvalue weighted by Gasteiger charge is 2.06. The Hall–Kier alpha value is -1.55. The van der Waals surface area contributed by atoms with Gasteiger partial charge >= 0.3 is 0 Å². The molecule has 0 unspecified atom stereocenters. The van der Waals surface area contributed by atoms with Crippen molar-refractivity contribution in [1.29, 1.82) is 0 Å². The number of hydrogen-bond donors (Lipinski definition) is 1. The van der Waals surface area contributed by atoms with Gasteiger partial charge in [0, 0.05) is 24.3 Å². The maximum absolute atomic E-state index is 13.6. The number of rotatable bonds is 4. The number of halogens is 2. The fourth-order valence-electron chi connectivity index (χ4n) is 1.59. The Balaban J connectivity index is 2.04. The van der Waals surface area contributed by atoms with Crippen LogP contribution in [0.2, 0.25) is 5.02 Å². The first kappa shape index (κ1) is 12.9. The first-order valence-electron chi connectivity index (χ1n) is 5.79. The molecule has 1 aromatic carbocycles. The quantitative estimate of drug-likeness (QED) is 0.911. The minimum Gasteiger partial charge on any atom is -0.378 e. The van der Waals surface area contributed by atoms with E-state index in [-0.39, 0.29) is 5.02 Å². The molecule has 0 saturated heterocycles. The lowest BCUT2D eigenvalue weighted by atomic mass is 10.3. The van der Waals surface area contributed by atoms with Crippen molar-refractivity contribution in [3.63, 3.8) is 0 Å². The zero-order valence-electron chi connectivity index (χ0n) is 10.3. The van der Waals surface area contributed by atoms with Crippen LogP contribution in [0.3, 0.4) is 0 Å². The van der Waals surface area contributed by atoms with Gasteiger partial charge in [0.1, 0.15) is 0 Å². The summed E-state index contributed by atoms with van der Waals surface area (Å²) in [6.45, 7) is 4.63. The molecule has 96 valence electrons. The van der Waals surface area contributed by atoms with Gasteiger partial charge in [-0.25, -0.2) is 4.39 Å². The van der Waals surface area contributed by atoms with Crippen LogP contribution in [0, 0.1) is 5.82 Å². The van der Waals surface area contributed by atoms with Crippen LogP contribution in [-0.2, 0) is 6.54 Å². The summed E-state index contributed by atoms with van der Waals surface area (Å²) in [6.07, 6.45) is 3.72. The summed E-state index contributed by atoms with van der Waals surface area (Å²) in [5.41, 5.74) is 1.41. The third-order valence-corrected chi connectivity index (χ3v) is 2.91. The Kier molecular flexibility index (Phi) is 3.87. The van der Waals surface area contributed by atoms with Crippen molar-refractivity contribution in [2.24, 2.45) is 0 Å². The van der Waals surface area contributed by atoms with E-state index in [1.165, 1.54) is 6.07 Å². The maximum Gasteiger partial charge on any atom is 0.164 e. The Morgan fingerprint density at radius 2 is 2.22 bits per heavy atom. The fourth-order valence-corrected chi connectivity index (χ4v) is 1.76. The van der Waals surface area contributed by atoms with Gasteiger partial charge in [-0.1, -0.05) is 17.7 Å². The predicted octanol–water partition coefficient (Wildman–Crippen LogP) is 3.87. The molecule has 1 N–H and O–H groups in total.